The van der Waals surface area contributed by atoms with Gasteiger partial charge in [-0.25, -0.2) is 4.98 Å². The van der Waals surface area contributed by atoms with Gasteiger partial charge in [-0.1, -0.05) is 0 Å². The summed E-state index contributed by atoms with van der Waals surface area (Å²) in [6.45, 7) is 0. The molecule has 6 heteroatoms. The van der Waals surface area contributed by atoms with Gasteiger partial charge < -0.3 is 14.8 Å². The maximum Gasteiger partial charge on any atom is 0.275 e. The summed E-state index contributed by atoms with van der Waals surface area (Å²) in [5.41, 5.74) is 0.214. The molecule has 1 N–H and O–H groups in total. The van der Waals surface area contributed by atoms with Crippen molar-refractivity contribution in [3.05, 3.63) is 24.3 Å². The van der Waals surface area contributed by atoms with E-state index in [1.165, 1.54) is 32.8 Å². The lowest BCUT2D eigenvalue weighted by Gasteiger charge is -2.13. The van der Waals surface area contributed by atoms with Crippen molar-refractivity contribution in [3.63, 3.8) is 0 Å². The van der Waals surface area contributed by atoms with E-state index in [1.54, 1.807) is 0 Å². The van der Waals surface area contributed by atoms with E-state index in [9.17, 15) is 4.79 Å². The number of aromatic nitrogens is 2. The minimum absolute atomic E-state index is 0.214. The first kappa shape index (κ1) is 10.6. The van der Waals surface area contributed by atoms with E-state index in [-0.39, 0.29) is 5.69 Å². The Balaban J connectivity index is 2.59. The molecule has 0 saturated heterocycles. The Hall–Kier alpha value is -1.53. The molecule has 0 aliphatic rings. The molecule has 76 valence electrons. The van der Waals surface area contributed by atoms with Crippen LogP contribution in [0.15, 0.2) is 18.6 Å². The van der Waals surface area contributed by atoms with Crippen LogP contribution in [0.3, 0.4) is 0 Å². The Morgan fingerprint density at radius 2 is 2.14 bits per heavy atom. The maximum atomic E-state index is 11.4. The number of carbonyl (C=O) groups excluding carboxylic acids is 1. The van der Waals surface area contributed by atoms with Crippen molar-refractivity contribution in [2.75, 3.05) is 14.2 Å². The van der Waals surface area contributed by atoms with Crippen molar-refractivity contribution in [1.29, 1.82) is 0 Å². The van der Waals surface area contributed by atoms with E-state index >= 15 is 0 Å². The molecule has 1 rings (SSSR count). The Labute approximate surface area is 81.3 Å². The topological polar surface area (TPSA) is 73.3 Å². The SMILES string of the molecule is COC(NC(=O)c1cnccn1)OC. The third-order valence-corrected chi connectivity index (χ3v) is 1.47. The summed E-state index contributed by atoms with van der Waals surface area (Å²) in [5, 5.41) is 2.45. The fourth-order valence-corrected chi connectivity index (χ4v) is 0.811. The van der Waals surface area contributed by atoms with Gasteiger partial charge in [-0.3, -0.25) is 9.78 Å². The highest BCUT2D eigenvalue weighted by Crippen LogP contribution is 1.92. The Morgan fingerprint density at radius 1 is 1.43 bits per heavy atom. The minimum Gasteiger partial charge on any atom is -0.339 e. The van der Waals surface area contributed by atoms with Gasteiger partial charge in [0.2, 0.25) is 6.41 Å². The summed E-state index contributed by atoms with van der Waals surface area (Å²) in [5.74, 6) is -0.396. The van der Waals surface area contributed by atoms with Crippen molar-refractivity contribution in [2.45, 2.75) is 6.41 Å². The maximum absolute atomic E-state index is 11.4. The molecule has 0 spiro atoms. The second-order valence-corrected chi connectivity index (χ2v) is 2.37. The van der Waals surface area contributed by atoms with Gasteiger partial charge in [-0.05, 0) is 0 Å². The fourth-order valence-electron chi connectivity index (χ4n) is 0.811. The van der Waals surface area contributed by atoms with Crippen LogP contribution in [0.25, 0.3) is 0 Å². The highest BCUT2D eigenvalue weighted by atomic mass is 16.7. The van der Waals surface area contributed by atoms with Gasteiger partial charge >= 0.3 is 0 Å². The van der Waals surface area contributed by atoms with Crippen LogP contribution in [-0.4, -0.2) is 36.5 Å². The number of carbonyl (C=O) groups is 1. The van der Waals surface area contributed by atoms with Gasteiger partial charge in [0.15, 0.2) is 0 Å². The Kier molecular flexibility index (Phi) is 3.96. The molecule has 14 heavy (non-hydrogen) atoms. The summed E-state index contributed by atoms with van der Waals surface area (Å²) >= 11 is 0. The Morgan fingerprint density at radius 3 is 2.64 bits per heavy atom. The summed E-state index contributed by atoms with van der Waals surface area (Å²) in [4.78, 5) is 19.0. The van der Waals surface area contributed by atoms with Gasteiger partial charge in [-0.2, -0.15) is 0 Å². The minimum atomic E-state index is -0.774. The van der Waals surface area contributed by atoms with Crippen LogP contribution in [-0.2, 0) is 9.47 Å². The fraction of sp³-hybridized carbons (Fsp3) is 0.375. The molecule has 1 heterocycles. The molecule has 0 aliphatic heterocycles. The second-order valence-electron chi connectivity index (χ2n) is 2.37. The predicted octanol–water partition coefficient (Wildman–Crippen LogP) is -0.217. The number of nitrogens with zero attached hydrogens (tertiary/aromatic N) is 2. The first-order valence-electron chi connectivity index (χ1n) is 3.90. The number of nitrogens with one attached hydrogen (secondary N) is 1. The van der Waals surface area contributed by atoms with Gasteiger partial charge in [0.25, 0.3) is 5.91 Å². The van der Waals surface area contributed by atoms with Crippen molar-refractivity contribution < 1.29 is 14.3 Å². The van der Waals surface area contributed by atoms with E-state index in [0.29, 0.717) is 0 Å². The number of hydrogen-bond donors (Lipinski definition) is 1. The first-order valence-corrected chi connectivity index (χ1v) is 3.90. The summed E-state index contributed by atoms with van der Waals surface area (Å²) in [6, 6.07) is 0. The molecule has 0 aromatic carbocycles. The second kappa shape index (κ2) is 5.25. The molecule has 0 unspecified atom stereocenters. The number of hydrogen-bond acceptors (Lipinski definition) is 5. The number of amides is 1. The van der Waals surface area contributed by atoms with E-state index in [1.807, 2.05) is 0 Å². The van der Waals surface area contributed by atoms with E-state index < -0.39 is 12.3 Å². The normalized spacial score (nSPS) is 10.2. The lowest BCUT2D eigenvalue weighted by molar-refractivity contribution is -0.115. The zero-order valence-electron chi connectivity index (χ0n) is 7.93. The van der Waals surface area contributed by atoms with Gasteiger partial charge in [0, 0.05) is 26.6 Å². The smallest absolute Gasteiger partial charge is 0.275 e. The summed E-state index contributed by atoms with van der Waals surface area (Å²) in [6.07, 6.45) is 3.51. The molecule has 0 radical (unpaired) electrons. The molecular formula is C8H11N3O3. The molecule has 0 aliphatic carbocycles. The largest absolute Gasteiger partial charge is 0.339 e. The standard InChI is InChI=1S/C8H11N3O3/c1-13-8(14-2)11-7(12)6-5-9-3-4-10-6/h3-5,8H,1-2H3,(H,11,12). The van der Waals surface area contributed by atoms with Crippen molar-refractivity contribution in [3.8, 4) is 0 Å². The zero-order valence-corrected chi connectivity index (χ0v) is 7.93. The molecule has 1 aromatic heterocycles. The molecular weight excluding hydrogens is 186 g/mol. The van der Waals surface area contributed by atoms with Crippen LogP contribution in [0.4, 0.5) is 0 Å². The van der Waals surface area contributed by atoms with Crippen LogP contribution in [0.5, 0.6) is 0 Å². The van der Waals surface area contributed by atoms with E-state index in [0.717, 1.165) is 0 Å². The van der Waals surface area contributed by atoms with Crippen LogP contribution >= 0.6 is 0 Å². The number of methoxy groups -OCH3 is 2. The quantitative estimate of drug-likeness (QED) is 0.676. The highest BCUT2D eigenvalue weighted by molar-refractivity contribution is 5.91. The van der Waals surface area contributed by atoms with Gasteiger partial charge in [-0.15, -0.1) is 0 Å². The zero-order chi connectivity index (χ0) is 10.4. The summed E-state index contributed by atoms with van der Waals surface area (Å²) < 4.78 is 9.58. The van der Waals surface area contributed by atoms with Gasteiger partial charge in [0.05, 0.1) is 6.20 Å². The molecule has 1 aromatic rings. The molecule has 1 amide bonds. The van der Waals surface area contributed by atoms with E-state index in [4.69, 9.17) is 9.47 Å². The lowest BCUT2D eigenvalue weighted by atomic mass is 10.4. The van der Waals surface area contributed by atoms with Crippen LogP contribution in [0, 0.1) is 0 Å². The van der Waals surface area contributed by atoms with Gasteiger partial charge in [0.1, 0.15) is 5.69 Å². The average Bonchev–Trinajstić information content (AvgIpc) is 2.26. The van der Waals surface area contributed by atoms with Crippen molar-refractivity contribution in [2.24, 2.45) is 0 Å². The first-order chi connectivity index (χ1) is 6.77. The highest BCUT2D eigenvalue weighted by Gasteiger charge is 2.12. The average molecular weight is 197 g/mol. The van der Waals surface area contributed by atoms with Crippen LogP contribution < -0.4 is 5.32 Å². The third-order valence-electron chi connectivity index (χ3n) is 1.47. The predicted molar refractivity (Wildman–Crippen MR) is 47.3 cm³/mol. The van der Waals surface area contributed by atoms with Crippen LogP contribution in [0.2, 0.25) is 0 Å². The molecule has 0 saturated carbocycles. The third kappa shape index (κ3) is 2.75. The van der Waals surface area contributed by atoms with Crippen LogP contribution in [0.1, 0.15) is 10.5 Å². The van der Waals surface area contributed by atoms with Crippen molar-refractivity contribution in [1.82, 2.24) is 15.3 Å². The number of ether oxygens (including phenoxy) is 2. The molecule has 0 atom stereocenters. The Bertz CT molecular complexity index is 287. The summed E-state index contributed by atoms with van der Waals surface area (Å²) in [7, 11) is 2.84. The van der Waals surface area contributed by atoms with Crippen molar-refractivity contribution >= 4 is 5.91 Å². The molecule has 0 fully saturated rings. The monoisotopic (exact) mass is 197 g/mol. The molecule has 6 nitrogen and oxygen atoms in total. The molecule has 0 bridgehead atoms. The van der Waals surface area contributed by atoms with E-state index in [2.05, 4.69) is 15.3 Å². The number of rotatable bonds is 4. The lowest BCUT2D eigenvalue weighted by Crippen LogP contribution is -2.37.